The highest BCUT2D eigenvalue weighted by atomic mass is 35.5. The van der Waals surface area contributed by atoms with Crippen LogP contribution in [0.2, 0.25) is 5.02 Å². The summed E-state index contributed by atoms with van der Waals surface area (Å²) < 4.78 is 1.66. The van der Waals surface area contributed by atoms with Gasteiger partial charge in [0.1, 0.15) is 0 Å². The van der Waals surface area contributed by atoms with Crippen LogP contribution in [0.25, 0.3) is 0 Å². The van der Waals surface area contributed by atoms with E-state index in [2.05, 4.69) is 18.6 Å². The zero-order chi connectivity index (χ0) is 15.4. The topological polar surface area (TPSA) is 38.1 Å². The Morgan fingerprint density at radius 2 is 2.29 bits per heavy atom. The van der Waals surface area contributed by atoms with Gasteiger partial charge in [0.15, 0.2) is 0 Å². The van der Waals surface area contributed by atoms with Gasteiger partial charge < -0.3 is 4.90 Å². The van der Waals surface area contributed by atoms with Crippen LogP contribution in [0.3, 0.4) is 0 Å². The van der Waals surface area contributed by atoms with E-state index in [0.717, 1.165) is 23.2 Å². The second-order valence-electron chi connectivity index (χ2n) is 4.73. The molecule has 0 aliphatic carbocycles. The first-order chi connectivity index (χ1) is 10.1. The van der Waals surface area contributed by atoms with Gasteiger partial charge in [0, 0.05) is 18.3 Å². The summed E-state index contributed by atoms with van der Waals surface area (Å²) in [6.07, 6.45) is 5.61. The van der Waals surface area contributed by atoms with E-state index in [4.69, 9.17) is 11.6 Å². The van der Waals surface area contributed by atoms with Gasteiger partial charge in [-0.2, -0.15) is 5.10 Å². The Hall–Kier alpha value is -2.07. The number of nitrogens with zero attached hydrogens (tertiary/aromatic N) is 3. The van der Waals surface area contributed by atoms with Gasteiger partial charge in [0.2, 0.25) is 0 Å². The van der Waals surface area contributed by atoms with Gasteiger partial charge in [-0.1, -0.05) is 37.2 Å². The number of amides is 1. The maximum atomic E-state index is 12.2. The van der Waals surface area contributed by atoms with Crippen LogP contribution in [0.5, 0.6) is 0 Å². The zero-order valence-electron chi connectivity index (χ0n) is 12.2. The smallest absolute Gasteiger partial charge is 0.250 e. The van der Waals surface area contributed by atoms with E-state index in [9.17, 15) is 4.79 Å². The van der Waals surface area contributed by atoms with Crippen LogP contribution in [0.15, 0.2) is 43.2 Å². The predicted octanol–water partition coefficient (Wildman–Crippen LogP) is 3.36. The Morgan fingerprint density at radius 1 is 1.52 bits per heavy atom. The molecule has 21 heavy (non-hydrogen) atoms. The zero-order valence-corrected chi connectivity index (χ0v) is 13.0. The second kappa shape index (κ2) is 6.59. The molecule has 1 aromatic heterocycles. The molecule has 5 heteroatoms. The largest absolute Gasteiger partial charge is 0.301 e. The highest BCUT2D eigenvalue weighted by Crippen LogP contribution is 2.25. The first-order valence-corrected chi connectivity index (χ1v) is 7.13. The van der Waals surface area contributed by atoms with Gasteiger partial charge in [-0.05, 0) is 29.7 Å². The van der Waals surface area contributed by atoms with Crippen LogP contribution >= 0.6 is 11.6 Å². The molecule has 110 valence electrons. The number of carbonyl (C=O) groups excluding carboxylic acids is 1. The standard InChI is InChI=1S/C16H18ClN3O/c1-4-12-7-6-8-15(17)14(12)11-20(16(21)5-2)13-9-18-19(3)10-13/h5-10H,2,4,11H2,1,3H3. The highest BCUT2D eigenvalue weighted by molar-refractivity contribution is 6.31. The number of hydrogen-bond acceptors (Lipinski definition) is 2. The van der Waals surface area contributed by atoms with Crippen molar-refractivity contribution in [1.29, 1.82) is 0 Å². The summed E-state index contributed by atoms with van der Waals surface area (Å²) in [6, 6.07) is 5.80. The van der Waals surface area contributed by atoms with E-state index in [1.807, 2.05) is 25.2 Å². The van der Waals surface area contributed by atoms with Crippen LogP contribution in [0.1, 0.15) is 18.1 Å². The van der Waals surface area contributed by atoms with Crippen LogP contribution in [-0.2, 0) is 24.8 Å². The summed E-state index contributed by atoms with van der Waals surface area (Å²) in [5.74, 6) is -0.176. The average Bonchev–Trinajstić information content (AvgIpc) is 2.91. The molecule has 0 N–H and O–H groups in total. The van der Waals surface area contributed by atoms with Crippen LogP contribution < -0.4 is 4.90 Å². The molecule has 1 amide bonds. The Morgan fingerprint density at radius 3 is 2.86 bits per heavy atom. The summed E-state index contributed by atoms with van der Waals surface area (Å²) >= 11 is 6.31. The fraction of sp³-hybridized carbons (Fsp3) is 0.250. The Kier molecular flexibility index (Phi) is 4.81. The fourth-order valence-electron chi connectivity index (χ4n) is 2.22. The van der Waals surface area contributed by atoms with Crippen molar-refractivity contribution in [1.82, 2.24) is 9.78 Å². The molecule has 0 aliphatic rings. The molecule has 0 fully saturated rings. The Labute approximate surface area is 129 Å². The maximum absolute atomic E-state index is 12.2. The van der Waals surface area contributed by atoms with Gasteiger partial charge in [0.25, 0.3) is 5.91 Å². The molecule has 0 saturated carbocycles. The van der Waals surface area contributed by atoms with Crippen molar-refractivity contribution >= 4 is 23.2 Å². The van der Waals surface area contributed by atoms with E-state index in [0.29, 0.717) is 11.6 Å². The Balaban J connectivity index is 2.40. The molecule has 0 radical (unpaired) electrons. The average molecular weight is 304 g/mol. The van der Waals surface area contributed by atoms with E-state index in [-0.39, 0.29) is 5.91 Å². The lowest BCUT2D eigenvalue weighted by Gasteiger charge is -2.21. The molecular formula is C16H18ClN3O. The number of benzene rings is 1. The van der Waals surface area contributed by atoms with E-state index < -0.39 is 0 Å². The third-order valence-corrected chi connectivity index (χ3v) is 3.71. The molecule has 0 bridgehead atoms. The first-order valence-electron chi connectivity index (χ1n) is 6.75. The number of aryl methyl sites for hydroxylation is 2. The number of anilines is 1. The lowest BCUT2D eigenvalue weighted by Crippen LogP contribution is -2.28. The SMILES string of the molecule is C=CC(=O)N(Cc1c(Cl)cccc1CC)c1cnn(C)c1. The summed E-state index contributed by atoms with van der Waals surface area (Å²) in [5, 5.41) is 4.78. The van der Waals surface area contributed by atoms with E-state index in [1.165, 1.54) is 6.08 Å². The van der Waals surface area contributed by atoms with Crippen molar-refractivity contribution in [3.05, 3.63) is 59.4 Å². The normalized spacial score (nSPS) is 10.4. The molecule has 1 aromatic carbocycles. The molecule has 4 nitrogen and oxygen atoms in total. The highest BCUT2D eigenvalue weighted by Gasteiger charge is 2.18. The Bertz CT molecular complexity index is 663. The molecule has 0 atom stereocenters. The molecule has 0 aliphatic heterocycles. The summed E-state index contributed by atoms with van der Waals surface area (Å²) in [5.41, 5.74) is 2.82. The third kappa shape index (κ3) is 3.34. The minimum atomic E-state index is -0.176. The van der Waals surface area contributed by atoms with Gasteiger partial charge in [-0.25, -0.2) is 0 Å². The summed E-state index contributed by atoms with van der Waals surface area (Å²) in [7, 11) is 1.81. The number of halogens is 1. The quantitative estimate of drug-likeness (QED) is 0.794. The van der Waals surface area contributed by atoms with Crippen molar-refractivity contribution < 1.29 is 4.79 Å². The summed E-state index contributed by atoms with van der Waals surface area (Å²) in [4.78, 5) is 13.8. The third-order valence-electron chi connectivity index (χ3n) is 3.36. The van der Waals surface area contributed by atoms with Gasteiger partial charge in [-0.3, -0.25) is 9.48 Å². The molecule has 1 heterocycles. The minimum Gasteiger partial charge on any atom is -0.301 e. The lowest BCUT2D eigenvalue weighted by molar-refractivity contribution is -0.114. The number of aromatic nitrogens is 2. The monoisotopic (exact) mass is 303 g/mol. The molecule has 0 unspecified atom stereocenters. The van der Waals surface area contributed by atoms with Crippen molar-refractivity contribution in [2.45, 2.75) is 19.9 Å². The van der Waals surface area contributed by atoms with Gasteiger partial charge in [-0.15, -0.1) is 0 Å². The molecule has 2 rings (SSSR count). The number of hydrogen-bond donors (Lipinski definition) is 0. The predicted molar refractivity (Wildman–Crippen MR) is 85.4 cm³/mol. The van der Waals surface area contributed by atoms with Crippen LogP contribution in [-0.4, -0.2) is 15.7 Å². The van der Waals surface area contributed by atoms with Gasteiger partial charge in [0.05, 0.1) is 18.4 Å². The summed E-state index contributed by atoms with van der Waals surface area (Å²) in [6.45, 7) is 6.04. The number of carbonyl (C=O) groups is 1. The molecule has 0 spiro atoms. The van der Waals surface area contributed by atoms with Crippen LogP contribution in [0.4, 0.5) is 5.69 Å². The van der Waals surface area contributed by atoms with Crippen molar-refractivity contribution in [3.8, 4) is 0 Å². The van der Waals surface area contributed by atoms with Crippen LogP contribution in [0, 0.1) is 0 Å². The second-order valence-corrected chi connectivity index (χ2v) is 5.14. The molecule has 0 saturated heterocycles. The fourth-order valence-corrected chi connectivity index (χ4v) is 2.48. The van der Waals surface area contributed by atoms with Crippen molar-refractivity contribution in [2.75, 3.05) is 4.90 Å². The maximum Gasteiger partial charge on any atom is 0.250 e. The van der Waals surface area contributed by atoms with Gasteiger partial charge >= 0.3 is 0 Å². The van der Waals surface area contributed by atoms with Crippen molar-refractivity contribution in [2.24, 2.45) is 7.05 Å². The van der Waals surface area contributed by atoms with E-state index in [1.54, 1.807) is 22.0 Å². The van der Waals surface area contributed by atoms with Crippen molar-refractivity contribution in [3.63, 3.8) is 0 Å². The minimum absolute atomic E-state index is 0.176. The number of rotatable bonds is 5. The van der Waals surface area contributed by atoms with E-state index >= 15 is 0 Å². The molecule has 2 aromatic rings. The lowest BCUT2D eigenvalue weighted by atomic mass is 10.0. The first kappa shape index (κ1) is 15.3. The molecular weight excluding hydrogens is 286 g/mol.